The number of ether oxygens (including phenoxy) is 1. The molecule has 2 heterocycles. The molecule has 0 aliphatic heterocycles. The second-order valence-corrected chi connectivity index (χ2v) is 9.27. The van der Waals surface area contributed by atoms with E-state index in [2.05, 4.69) is 47.3 Å². The molecule has 0 aliphatic carbocycles. The quantitative estimate of drug-likeness (QED) is 0.348. The highest BCUT2D eigenvalue weighted by Gasteiger charge is 2.17. The van der Waals surface area contributed by atoms with E-state index in [1.807, 2.05) is 26.0 Å². The van der Waals surface area contributed by atoms with Gasteiger partial charge < -0.3 is 24.8 Å². The number of carbonyl (C=O) groups excluding carboxylic acids is 1. The van der Waals surface area contributed by atoms with Crippen molar-refractivity contribution >= 4 is 5.91 Å². The summed E-state index contributed by atoms with van der Waals surface area (Å²) in [7, 11) is 0. The Balaban J connectivity index is 1.78. The number of aliphatic hydroxyl groups is 2. The van der Waals surface area contributed by atoms with Crippen molar-refractivity contribution in [2.75, 3.05) is 19.8 Å². The second-order valence-electron chi connectivity index (χ2n) is 9.27. The van der Waals surface area contributed by atoms with Crippen LogP contribution in [-0.4, -0.2) is 57.1 Å². The molecule has 3 N–H and O–H groups in total. The zero-order chi connectivity index (χ0) is 26.2. The number of aromatic nitrogens is 3. The Morgan fingerprint density at radius 1 is 1.14 bits per heavy atom. The molecular weight excluding hydrogens is 460 g/mol. The molecule has 3 rings (SSSR count). The van der Waals surface area contributed by atoms with Gasteiger partial charge in [-0.3, -0.25) is 9.78 Å². The summed E-state index contributed by atoms with van der Waals surface area (Å²) in [5, 5.41) is 25.5. The molecule has 9 heteroatoms. The van der Waals surface area contributed by atoms with Crippen LogP contribution in [0.5, 0.6) is 5.75 Å². The Hall–Kier alpha value is -3.30. The largest absolute Gasteiger partial charge is 0.490 e. The number of hydrogen-bond acceptors (Lipinski definition) is 8. The average Bonchev–Trinajstić information content (AvgIpc) is 3.36. The average molecular weight is 497 g/mol. The van der Waals surface area contributed by atoms with Crippen LogP contribution in [0.15, 0.2) is 28.9 Å². The monoisotopic (exact) mass is 496 g/mol. The summed E-state index contributed by atoms with van der Waals surface area (Å²) >= 11 is 0. The number of aryl methyl sites for hydroxylation is 3. The molecule has 0 radical (unpaired) electrons. The third-order valence-corrected chi connectivity index (χ3v) is 5.80. The van der Waals surface area contributed by atoms with Crippen molar-refractivity contribution in [3.8, 4) is 28.6 Å². The fourth-order valence-corrected chi connectivity index (χ4v) is 3.96. The van der Waals surface area contributed by atoms with Crippen LogP contribution in [0.4, 0.5) is 0 Å². The van der Waals surface area contributed by atoms with E-state index in [1.54, 1.807) is 6.20 Å². The Bertz CT molecular complexity index is 1170. The van der Waals surface area contributed by atoms with E-state index in [0.29, 0.717) is 29.8 Å². The molecule has 1 atom stereocenters. The zero-order valence-electron chi connectivity index (χ0n) is 21.7. The Kier molecular flexibility index (Phi) is 9.55. The maximum Gasteiger partial charge on any atom is 0.259 e. The first-order valence-corrected chi connectivity index (χ1v) is 12.4. The van der Waals surface area contributed by atoms with Crippen molar-refractivity contribution < 1.29 is 24.3 Å². The molecule has 1 amide bonds. The normalized spacial score (nSPS) is 12.1. The SMILES string of the molecule is CCc1cc(-c2nc(-c3cc(C)c(OC[C@H](O)CNC(=O)CO)c(CC)c3)no2)cnc1CC(C)C. The molecule has 1 aromatic carbocycles. The fraction of sp³-hybridized carbons (Fsp3) is 0.481. The van der Waals surface area contributed by atoms with Crippen molar-refractivity contribution in [1.82, 2.24) is 20.4 Å². The molecular formula is C27H36N4O5. The Morgan fingerprint density at radius 3 is 2.53 bits per heavy atom. The molecule has 36 heavy (non-hydrogen) atoms. The number of rotatable bonds is 12. The van der Waals surface area contributed by atoms with Gasteiger partial charge in [0.2, 0.25) is 11.7 Å². The summed E-state index contributed by atoms with van der Waals surface area (Å²) in [5.74, 6) is 1.56. The van der Waals surface area contributed by atoms with Gasteiger partial charge in [0, 0.05) is 24.0 Å². The molecule has 0 fully saturated rings. The van der Waals surface area contributed by atoms with Gasteiger partial charge in [0.1, 0.15) is 25.1 Å². The van der Waals surface area contributed by atoms with Crippen LogP contribution in [0.1, 0.15) is 50.1 Å². The predicted molar refractivity (Wildman–Crippen MR) is 137 cm³/mol. The first kappa shape index (κ1) is 27.3. The molecule has 3 aromatic rings. The molecule has 2 aromatic heterocycles. The molecule has 0 unspecified atom stereocenters. The van der Waals surface area contributed by atoms with Crippen molar-refractivity contribution in [3.63, 3.8) is 0 Å². The van der Waals surface area contributed by atoms with Gasteiger partial charge in [0.25, 0.3) is 5.89 Å². The minimum atomic E-state index is -0.905. The Labute approximate surface area is 211 Å². The van der Waals surface area contributed by atoms with Gasteiger partial charge in [-0.2, -0.15) is 4.98 Å². The first-order chi connectivity index (χ1) is 17.2. The van der Waals surface area contributed by atoms with Crippen LogP contribution in [0.25, 0.3) is 22.8 Å². The molecule has 0 bridgehead atoms. The van der Waals surface area contributed by atoms with E-state index in [1.165, 1.54) is 5.56 Å². The highest BCUT2D eigenvalue weighted by molar-refractivity contribution is 5.76. The van der Waals surface area contributed by atoms with E-state index in [0.717, 1.165) is 40.8 Å². The standard InChI is InChI=1S/C27H36N4O5/c1-6-18-10-21(12-28-23(18)8-16(3)4)27-30-26(31-36-27)20-9-17(5)25(19(7-2)11-20)35-15-22(33)13-29-24(34)14-32/h9-12,16,22,32-33H,6-8,13-15H2,1-5H3,(H,29,34)/t22-/m1/s1. The van der Waals surface area contributed by atoms with Gasteiger partial charge in [0.05, 0.1) is 5.56 Å². The lowest BCUT2D eigenvalue weighted by atomic mass is 10.0. The molecule has 9 nitrogen and oxygen atoms in total. The van der Waals surface area contributed by atoms with Crippen molar-refractivity contribution in [2.45, 2.75) is 60.0 Å². The third kappa shape index (κ3) is 6.89. The summed E-state index contributed by atoms with van der Waals surface area (Å²) in [4.78, 5) is 20.4. The lowest BCUT2D eigenvalue weighted by molar-refractivity contribution is -0.124. The van der Waals surface area contributed by atoms with Gasteiger partial charge in [-0.1, -0.05) is 32.9 Å². The molecule has 0 aliphatic rings. The fourth-order valence-electron chi connectivity index (χ4n) is 3.96. The number of pyridine rings is 1. The van der Waals surface area contributed by atoms with E-state index < -0.39 is 18.6 Å². The smallest absolute Gasteiger partial charge is 0.259 e. The van der Waals surface area contributed by atoms with Crippen LogP contribution in [-0.2, 0) is 24.1 Å². The molecule has 0 saturated heterocycles. The summed E-state index contributed by atoms with van der Waals surface area (Å²) in [6, 6.07) is 5.96. The Morgan fingerprint density at radius 2 is 1.86 bits per heavy atom. The van der Waals surface area contributed by atoms with E-state index in [-0.39, 0.29) is 13.2 Å². The third-order valence-electron chi connectivity index (χ3n) is 5.80. The van der Waals surface area contributed by atoms with Gasteiger partial charge in [-0.15, -0.1) is 0 Å². The summed E-state index contributed by atoms with van der Waals surface area (Å²) in [6.45, 7) is 9.80. The minimum Gasteiger partial charge on any atom is -0.490 e. The van der Waals surface area contributed by atoms with Crippen molar-refractivity contribution in [3.05, 3.63) is 46.8 Å². The van der Waals surface area contributed by atoms with E-state index in [9.17, 15) is 9.90 Å². The number of hydrogen-bond donors (Lipinski definition) is 3. The van der Waals surface area contributed by atoms with Crippen LogP contribution >= 0.6 is 0 Å². The number of nitrogens with zero attached hydrogens (tertiary/aromatic N) is 3. The van der Waals surface area contributed by atoms with Crippen LogP contribution in [0, 0.1) is 12.8 Å². The summed E-state index contributed by atoms with van der Waals surface area (Å²) in [5.41, 5.74) is 5.71. The van der Waals surface area contributed by atoms with Gasteiger partial charge in [0.15, 0.2) is 0 Å². The number of carbonyl (C=O) groups is 1. The number of benzene rings is 1. The number of nitrogens with one attached hydrogen (secondary N) is 1. The summed E-state index contributed by atoms with van der Waals surface area (Å²) in [6.07, 6.45) is 3.40. The number of amides is 1. The number of aliphatic hydroxyl groups excluding tert-OH is 2. The van der Waals surface area contributed by atoms with Gasteiger partial charge in [-0.05, 0) is 67.0 Å². The first-order valence-electron chi connectivity index (χ1n) is 12.4. The van der Waals surface area contributed by atoms with Crippen LogP contribution in [0.2, 0.25) is 0 Å². The minimum absolute atomic E-state index is 0.00330. The van der Waals surface area contributed by atoms with Crippen molar-refractivity contribution in [2.24, 2.45) is 5.92 Å². The van der Waals surface area contributed by atoms with Crippen LogP contribution < -0.4 is 10.1 Å². The molecule has 0 spiro atoms. The second kappa shape index (κ2) is 12.6. The maximum atomic E-state index is 11.2. The predicted octanol–water partition coefficient (Wildman–Crippen LogP) is 3.28. The topological polar surface area (TPSA) is 131 Å². The van der Waals surface area contributed by atoms with E-state index >= 15 is 0 Å². The molecule has 0 saturated carbocycles. The lowest BCUT2D eigenvalue weighted by Gasteiger charge is -2.17. The van der Waals surface area contributed by atoms with Gasteiger partial charge >= 0.3 is 0 Å². The van der Waals surface area contributed by atoms with Crippen molar-refractivity contribution in [1.29, 1.82) is 0 Å². The molecule has 194 valence electrons. The van der Waals surface area contributed by atoms with Crippen LogP contribution in [0.3, 0.4) is 0 Å². The lowest BCUT2D eigenvalue weighted by Crippen LogP contribution is -2.36. The zero-order valence-corrected chi connectivity index (χ0v) is 21.7. The highest BCUT2D eigenvalue weighted by Crippen LogP contribution is 2.31. The maximum absolute atomic E-state index is 11.2. The highest BCUT2D eigenvalue weighted by atomic mass is 16.5. The van der Waals surface area contributed by atoms with Gasteiger partial charge in [-0.25, -0.2) is 0 Å². The van der Waals surface area contributed by atoms with E-state index in [4.69, 9.17) is 14.4 Å². The summed E-state index contributed by atoms with van der Waals surface area (Å²) < 4.78 is 11.5.